The molecule has 1 aromatic carbocycles. The molecular formula is C24H42O. The average Bonchev–Trinajstić information content (AvgIpc) is 2.65. The monoisotopic (exact) mass is 346 g/mol. The van der Waals surface area contributed by atoms with E-state index in [2.05, 4.69) is 37.3 Å². The normalized spacial score (nSPS) is 11.1. The smallest absolute Gasteiger partial charge is 0.0466 e. The summed E-state index contributed by atoms with van der Waals surface area (Å²) in [7, 11) is 0. The minimum absolute atomic E-state index is 0.961. The van der Waals surface area contributed by atoms with Crippen molar-refractivity contribution in [3.05, 3.63) is 35.9 Å². The van der Waals surface area contributed by atoms with E-state index in [1.165, 1.54) is 102 Å². The molecule has 0 aromatic heterocycles. The van der Waals surface area contributed by atoms with Crippen molar-refractivity contribution < 1.29 is 4.74 Å². The van der Waals surface area contributed by atoms with Crippen molar-refractivity contribution in [1.29, 1.82) is 0 Å². The Morgan fingerprint density at radius 2 is 1.04 bits per heavy atom. The van der Waals surface area contributed by atoms with Gasteiger partial charge in [-0.15, -0.1) is 0 Å². The molecule has 0 N–H and O–H groups in total. The maximum absolute atomic E-state index is 5.60. The molecular weight excluding hydrogens is 304 g/mol. The summed E-state index contributed by atoms with van der Waals surface area (Å²) >= 11 is 0. The highest BCUT2D eigenvalue weighted by molar-refractivity contribution is 5.14. The van der Waals surface area contributed by atoms with E-state index in [0.717, 1.165) is 13.2 Å². The van der Waals surface area contributed by atoms with Gasteiger partial charge in [-0.2, -0.15) is 0 Å². The summed E-state index contributed by atoms with van der Waals surface area (Å²) in [6.07, 6.45) is 20.5. The molecule has 0 atom stereocenters. The van der Waals surface area contributed by atoms with Gasteiger partial charge in [0.25, 0.3) is 0 Å². The first-order valence-corrected chi connectivity index (χ1v) is 11.0. The van der Waals surface area contributed by atoms with Crippen LogP contribution in [0, 0.1) is 0 Å². The highest BCUT2D eigenvalue weighted by atomic mass is 16.5. The molecule has 0 radical (unpaired) electrons. The second-order valence-electron chi connectivity index (χ2n) is 7.44. The molecule has 0 amide bonds. The van der Waals surface area contributed by atoms with Crippen LogP contribution in [0.15, 0.2) is 30.3 Å². The molecule has 1 heteroatoms. The fourth-order valence-electron chi connectivity index (χ4n) is 3.29. The summed E-state index contributed by atoms with van der Waals surface area (Å²) in [6.45, 7) is 4.16. The lowest BCUT2D eigenvalue weighted by Crippen LogP contribution is -1.96. The van der Waals surface area contributed by atoms with Gasteiger partial charge in [-0.05, 0) is 31.2 Å². The van der Waals surface area contributed by atoms with E-state index in [1.807, 2.05) is 0 Å². The third-order valence-corrected chi connectivity index (χ3v) is 4.99. The van der Waals surface area contributed by atoms with E-state index < -0.39 is 0 Å². The van der Waals surface area contributed by atoms with Crippen molar-refractivity contribution in [2.24, 2.45) is 0 Å². The van der Waals surface area contributed by atoms with Gasteiger partial charge in [-0.3, -0.25) is 0 Å². The molecule has 1 rings (SSSR count). The number of hydrogen-bond acceptors (Lipinski definition) is 1. The van der Waals surface area contributed by atoms with Gasteiger partial charge >= 0.3 is 0 Å². The zero-order chi connectivity index (χ0) is 17.8. The van der Waals surface area contributed by atoms with Crippen LogP contribution in [0.1, 0.15) is 102 Å². The number of hydrogen-bond donors (Lipinski definition) is 0. The number of rotatable bonds is 18. The van der Waals surface area contributed by atoms with Gasteiger partial charge in [0.05, 0.1) is 0 Å². The number of benzene rings is 1. The van der Waals surface area contributed by atoms with Crippen LogP contribution in [0.25, 0.3) is 0 Å². The summed E-state index contributed by atoms with van der Waals surface area (Å²) in [5, 5.41) is 0. The Kier molecular flexibility index (Phi) is 16.0. The Hall–Kier alpha value is -0.820. The Balaban J connectivity index is 1.69. The third-order valence-electron chi connectivity index (χ3n) is 4.99. The lowest BCUT2D eigenvalue weighted by atomic mass is 10.0. The van der Waals surface area contributed by atoms with Crippen LogP contribution in [0.2, 0.25) is 0 Å². The highest BCUT2D eigenvalue weighted by Crippen LogP contribution is 2.13. The molecule has 1 aromatic rings. The second-order valence-corrected chi connectivity index (χ2v) is 7.44. The summed E-state index contributed by atoms with van der Waals surface area (Å²) in [4.78, 5) is 0. The zero-order valence-electron chi connectivity index (χ0n) is 16.8. The molecule has 1 nitrogen and oxygen atoms in total. The van der Waals surface area contributed by atoms with Crippen LogP contribution in [0.3, 0.4) is 0 Å². The van der Waals surface area contributed by atoms with Crippen LogP contribution in [0.5, 0.6) is 0 Å². The number of unbranched alkanes of at least 4 members (excludes halogenated alkanes) is 12. The van der Waals surface area contributed by atoms with Gasteiger partial charge in [0.15, 0.2) is 0 Å². The fraction of sp³-hybridized carbons (Fsp3) is 0.750. The first kappa shape index (κ1) is 22.2. The van der Waals surface area contributed by atoms with E-state index in [1.54, 1.807) is 0 Å². The molecule has 0 bridgehead atoms. The summed E-state index contributed by atoms with van der Waals surface area (Å²) in [6, 6.07) is 10.9. The highest BCUT2D eigenvalue weighted by Gasteiger charge is 1.95. The first-order valence-electron chi connectivity index (χ1n) is 11.0. The Morgan fingerprint density at radius 3 is 1.60 bits per heavy atom. The minimum atomic E-state index is 0.961. The van der Waals surface area contributed by atoms with E-state index in [9.17, 15) is 0 Å². The predicted octanol–water partition coefficient (Wildman–Crippen LogP) is 7.73. The maximum atomic E-state index is 5.60. The van der Waals surface area contributed by atoms with Crippen molar-refractivity contribution in [2.45, 2.75) is 103 Å². The SMILES string of the molecule is CCCCOCCCCCCCCCCCCCCc1ccccc1. The first-order chi connectivity index (χ1) is 12.4. The van der Waals surface area contributed by atoms with Gasteiger partial charge in [-0.25, -0.2) is 0 Å². The summed E-state index contributed by atoms with van der Waals surface area (Å²) in [5.74, 6) is 0. The van der Waals surface area contributed by atoms with Crippen molar-refractivity contribution in [1.82, 2.24) is 0 Å². The fourth-order valence-corrected chi connectivity index (χ4v) is 3.29. The van der Waals surface area contributed by atoms with Gasteiger partial charge in [-0.1, -0.05) is 108 Å². The van der Waals surface area contributed by atoms with Crippen molar-refractivity contribution in [2.75, 3.05) is 13.2 Å². The molecule has 144 valence electrons. The molecule has 0 aliphatic rings. The number of ether oxygens (including phenoxy) is 1. The van der Waals surface area contributed by atoms with Crippen LogP contribution in [0.4, 0.5) is 0 Å². The molecule has 0 aliphatic carbocycles. The van der Waals surface area contributed by atoms with E-state index in [0.29, 0.717) is 0 Å². The van der Waals surface area contributed by atoms with Gasteiger partial charge < -0.3 is 4.74 Å². The van der Waals surface area contributed by atoms with Crippen molar-refractivity contribution in [3.8, 4) is 0 Å². The second kappa shape index (κ2) is 18.0. The van der Waals surface area contributed by atoms with Crippen LogP contribution >= 0.6 is 0 Å². The average molecular weight is 347 g/mol. The quantitative estimate of drug-likeness (QED) is 0.247. The van der Waals surface area contributed by atoms with E-state index in [-0.39, 0.29) is 0 Å². The number of aryl methyl sites for hydroxylation is 1. The summed E-state index contributed by atoms with van der Waals surface area (Å²) < 4.78 is 5.60. The molecule has 0 fully saturated rings. The molecule has 25 heavy (non-hydrogen) atoms. The van der Waals surface area contributed by atoms with Gasteiger partial charge in [0.1, 0.15) is 0 Å². The Labute approximate surface area is 157 Å². The van der Waals surface area contributed by atoms with Crippen LogP contribution in [-0.4, -0.2) is 13.2 Å². The topological polar surface area (TPSA) is 9.23 Å². The predicted molar refractivity (Wildman–Crippen MR) is 111 cm³/mol. The van der Waals surface area contributed by atoms with Crippen LogP contribution < -0.4 is 0 Å². The minimum Gasteiger partial charge on any atom is -0.381 e. The summed E-state index contributed by atoms with van der Waals surface area (Å²) in [5.41, 5.74) is 1.50. The molecule has 0 aliphatic heterocycles. The lowest BCUT2D eigenvalue weighted by molar-refractivity contribution is 0.127. The van der Waals surface area contributed by atoms with Crippen molar-refractivity contribution in [3.63, 3.8) is 0 Å². The standard InChI is InChI=1S/C24H42O/c1-2-3-22-25-23-18-13-11-9-7-5-4-6-8-10-12-15-19-24-20-16-14-17-21-24/h14,16-17,20-21H,2-13,15,18-19,22-23H2,1H3. The Bertz CT molecular complexity index is 360. The molecule has 0 heterocycles. The molecule has 0 unspecified atom stereocenters. The molecule has 0 saturated carbocycles. The van der Waals surface area contributed by atoms with Gasteiger partial charge in [0, 0.05) is 13.2 Å². The molecule has 0 saturated heterocycles. The van der Waals surface area contributed by atoms with E-state index in [4.69, 9.17) is 4.74 Å². The largest absolute Gasteiger partial charge is 0.381 e. The van der Waals surface area contributed by atoms with E-state index >= 15 is 0 Å². The third kappa shape index (κ3) is 15.2. The Morgan fingerprint density at radius 1 is 0.560 bits per heavy atom. The molecule has 0 spiro atoms. The zero-order valence-corrected chi connectivity index (χ0v) is 16.8. The van der Waals surface area contributed by atoms with Crippen molar-refractivity contribution >= 4 is 0 Å². The van der Waals surface area contributed by atoms with Crippen LogP contribution in [-0.2, 0) is 11.2 Å². The lowest BCUT2D eigenvalue weighted by Gasteiger charge is -2.04. The van der Waals surface area contributed by atoms with Gasteiger partial charge in [0.2, 0.25) is 0 Å². The maximum Gasteiger partial charge on any atom is 0.0466 e.